The van der Waals surface area contributed by atoms with Crippen LogP contribution in [0, 0.1) is 0 Å². The van der Waals surface area contributed by atoms with E-state index in [9.17, 15) is 87.5 Å². The highest BCUT2D eigenvalue weighted by Crippen LogP contribution is 2.24. The fourth-order valence-electron chi connectivity index (χ4n) is 10.4. The maximum atomic E-state index is 13.3. The van der Waals surface area contributed by atoms with Gasteiger partial charge in [0.1, 0.15) is 50.3 Å². The highest BCUT2D eigenvalue weighted by molar-refractivity contribution is 8.76. The molecule has 1 aromatic carbocycles. The molecular formula is C73H120N10O27S2. The van der Waals surface area contributed by atoms with Crippen molar-refractivity contribution in [1.29, 1.82) is 0 Å². The van der Waals surface area contributed by atoms with Gasteiger partial charge in [0.25, 0.3) is 0 Å². The van der Waals surface area contributed by atoms with E-state index in [4.69, 9.17) is 43.0 Å². The predicted molar refractivity (Wildman–Crippen MR) is 410 cm³/mol. The number of hydrogen-bond acceptors (Lipinski definition) is 27. The molecule has 636 valence electrons. The third-order valence-corrected chi connectivity index (χ3v) is 19.0. The maximum absolute atomic E-state index is 13.3. The maximum Gasteiger partial charge on any atom is 0.326 e. The molecule has 1 aliphatic heterocycles. The van der Waals surface area contributed by atoms with Gasteiger partial charge < -0.3 is 111 Å². The minimum absolute atomic E-state index is 0.0193. The number of carboxylic acids is 4. The topological polar surface area (TPSA) is 534 Å². The first-order valence-electron chi connectivity index (χ1n) is 38.3. The summed E-state index contributed by atoms with van der Waals surface area (Å²) in [6.45, 7) is 0.942. The fourth-order valence-corrected chi connectivity index (χ4v) is 12.8. The van der Waals surface area contributed by atoms with Gasteiger partial charge in [0.2, 0.25) is 47.3 Å². The summed E-state index contributed by atoms with van der Waals surface area (Å²) >= 11 is 0. The molecule has 0 saturated carbocycles. The second kappa shape index (κ2) is 66.7. The number of Topliss-reactive ketones (excluding diaryl/α,β-unsaturated/α-hetero) is 2. The highest BCUT2D eigenvalue weighted by Gasteiger charge is 2.29. The smallest absolute Gasteiger partial charge is 0.326 e. The largest absolute Gasteiger partial charge is 0.508 e. The first kappa shape index (κ1) is 100. The van der Waals surface area contributed by atoms with E-state index in [-0.39, 0.29) is 218 Å². The monoisotopic (exact) mass is 1630 g/mol. The summed E-state index contributed by atoms with van der Waals surface area (Å²) in [7, 11) is 2.53. The van der Waals surface area contributed by atoms with Gasteiger partial charge in [-0.2, -0.15) is 0 Å². The molecule has 0 radical (unpaired) electrons. The van der Waals surface area contributed by atoms with Crippen molar-refractivity contribution in [2.75, 3.05) is 163 Å². The Morgan fingerprint density at radius 3 is 1.30 bits per heavy atom. The number of aliphatic carboxylic acids is 4. The molecule has 0 unspecified atom stereocenters. The predicted octanol–water partition coefficient (Wildman–Crippen LogP) is 0.473. The molecule has 1 aliphatic rings. The van der Waals surface area contributed by atoms with Crippen molar-refractivity contribution in [3.05, 3.63) is 29.8 Å². The van der Waals surface area contributed by atoms with Crippen LogP contribution in [0.5, 0.6) is 5.75 Å². The van der Waals surface area contributed by atoms with Crippen LogP contribution in [0.2, 0.25) is 0 Å². The molecule has 1 fully saturated rings. The number of phenols is 1. The van der Waals surface area contributed by atoms with Crippen LogP contribution in [-0.2, 0) is 111 Å². The number of rotatable bonds is 71. The average molecular weight is 1630 g/mol. The third kappa shape index (κ3) is 57.3. The van der Waals surface area contributed by atoms with Crippen LogP contribution in [0.3, 0.4) is 0 Å². The number of phenolic OH excluding ortho intramolecular Hbond substituents is 1. The summed E-state index contributed by atoms with van der Waals surface area (Å²) in [6.07, 6.45) is 14.9. The van der Waals surface area contributed by atoms with Gasteiger partial charge in [-0.1, -0.05) is 111 Å². The Morgan fingerprint density at radius 2 is 0.821 bits per heavy atom. The standard InChI is InChI=1S/C73H120N10O27S2/c84-54-21-19-53(20-22-54)43-57(60(85)44-74-46-65(90)83-58-51-111-112-52-59(73(101)102)79-45-61(58)86)82-69(94)50-110-39-35-103-31-16-15-27-75-66(91)47-107-40-37-105-33-29-77-68(93)49-109-42-38-106-34-30-78-67(92)48-108-41-36-104-32-28-76-62(87)25-23-55(71(97)98)81-64(89)26-24-56(72(99)100)80-63(88)17-13-11-9-7-5-3-1-2-4-6-8-10-12-14-18-70(95)96/h19-22,55-59,74,79,84H,1-18,23-52H2,(H,75,91)(H,76,87)(H,77,93)(H,78,92)(H,80,88)(H,81,89)(H,82,94)(H,83,90)(H,95,96)(H,97,98)(H,99,100)(H,101,102)/t55-,56-,57-,58-,59-/m0/s1. The van der Waals surface area contributed by atoms with Crippen LogP contribution in [0.15, 0.2) is 24.3 Å². The minimum atomic E-state index is -1.42. The zero-order valence-corrected chi connectivity index (χ0v) is 65.8. The Balaban J connectivity index is 1.38. The van der Waals surface area contributed by atoms with Gasteiger partial charge in [-0.15, -0.1) is 0 Å². The Bertz CT molecular complexity index is 2910. The Labute approximate surface area is 661 Å². The highest BCUT2D eigenvalue weighted by atomic mass is 33.1. The molecule has 2 rings (SSSR count). The molecule has 37 nitrogen and oxygen atoms in total. The number of ether oxygens (including phenoxy) is 8. The van der Waals surface area contributed by atoms with Gasteiger partial charge in [0.05, 0.1) is 104 Å². The molecule has 39 heteroatoms. The Kier molecular flexibility index (Phi) is 59.8. The van der Waals surface area contributed by atoms with Crippen LogP contribution < -0.4 is 53.2 Å². The Morgan fingerprint density at radius 1 is 0.411 bits per heavy atom. The number of ketones is 2. The van der Waals surface area contributed by atoms with Crippen LogP contribution in [0.4, 0.5) is 0 Å². The van der Waals surface area contributed by atoms with Crippen LogP contribution in [-0.4, -0.2) is 301 Å². The summed E-state index contributed by atoms with van der Waals surface area (Å²) in [5, 5.41) is 73.1. The molecule has 112 heavy (non-hydrogen) atoms. The lowest BCUT2D eigenvalue weighted by molar-refractivity contribution is -0.143. The van der Waals surface area contributed by atoms with E-state index in [0.29, 0.717) is 38.0 Å². The van der Waals surface area contributed by atoms with Crippen molar-refractivity contribution >= 4 is 104 Å². The average Bonchev–Trinajstić information content (AvgIpc) is 0.940. The number of amides is 8. The van der Waals surface area contributed by atoms with Gasteiger partial charge >= 0.3 is 23.9 Å². The third-order valence-electron chi connectivity index (χ3n) is 16.6. The van der Waals surface area contributed by atoms with Crippen LogP contribution in [0.1, 0.15) is 147 Å². The number of aromatic hydroxyl groups is 1. The number of carbonyl (C=O) groups is 14. The van der Waals surface area contributed by atoms with Crippen molar-refractivity contribution in [3.63, 3.8) is 0 Å². The number of carbonyl (C=O) groups excluding carboxylic acids is 10. The van der Waals surface area contributed by atoms with Gasteiger partial charge in [-0.05, 0) is 62.6 Å². The number of benzene rings is 1. The zero-order chi connectivity index (χ0) is 82.0. The first-order valence-corrected chi connectivity index (χ1v) is 40.8. The van der Waals surface area contributed by atoms with E-state index >= 15 is 0 Å². The first-order chi connectivity index (χ1) is 54.0. The molecule has 1 saturated heterocycles. The van der Waals surface area contributed by atoms with Gasteiger partial charge in [0.15, 0.2) is 11.6 Å². The van der Waals surface area contributed by atoms with Gasteiger partial charge in [-0.3, -0.25) is 62.9 Å². The fraction of sp³-hybridized carbons (Fsp3) is 0.726. The summed E-state index contributed by atoms with van der Waals surface area (Å²) in [6, 6.07) is 0.545. The number of carboxylic acid groups (broad SMARTS) is 4. The van der Waals surface area contributed by atoms with E-state index in [0.717, 1.165) is 57.8 Å². The van der Waals surface area contributed by atoms with Crippen molar-refractivity contribution < 1.29 is 131 Å². The van der Waals surface area contributed by atoms with Crippen molar-refractivity contribution in [1.82, 2.24) is 53.2 Å². The molecule has 0 spiro atoms. The molecule has 15 N–H and O–H groups in total. The normalized spacial score (nSPS) is 14.4. The molecule has 8 amide bonds. The van der Waals surface area contributed by atoms with Gasteiger partial charge in [0, 0.05) is 70.0 Å². The number of unbranched alkanes of at least 4 members (excludes halogenated alkanes) is 14. The quantitative estimate of drug-likeness (QED) is 0.0311. The van der Waals surface area contributed by atoms with Crippen LogP contribution in [0.25, 0.3) is 0 Å². The minimum Gasteiger partial charge on any atom is -0.508 e. The van der Waals surface area contributed by atoms with E-state index < -0.39 is 95.3 Å². The lowest BCUT2D eigenvalue weighted by Gasteiger charge is -2.19. The molecule has 0 bridgehead atoms. The van der Waals surface area contributed by atoms with Crippen molar-refractivity contribution in [2.24, 2.45) is 0 Å². The second-order valence-corrected chi connectivity index (χ2v) is 28.6. The number of nitrogens with one attached hydrogen (secondary N) is 10. The Hall–Kier alpha value is -7.70. The molecule has 1 aromatic rings. The van der Waals surface area contributed by atoms with Crippen LogP contribution >= 0.6 is 21.6 Å². The van der Waals surface area contributed by atoms with Gasteiger partial charge in [-0.25, -0.2) is 9.59 Å². The lowest BCUT2D eigenvalue weighted by Crippen LogP contribution is -2.51. The second-order valence-electron chi connectivity index (χ2n) is 26.1. The van der Waals surface area contributed by atoms with E-state index in [1.807, 2.05) is 0 Å². The molecule has 0 aromatic heterocycles. The summed E-state index contributed by atoms with van der Waals surface area (Å²) < 4.78 is 43.2. The summed E-state index contributed by atoms with van der Waals surface area (Å²) in [5.41, 5.74) is 0.647. The summed E-state index contributed by atoms with van der Waals surface area (Å²) in [4.78, 5) is 171. The molecule has 1 heterocycles. The lowest BCUT2D eigenvalue weighted by atomic mass is 10.0. The van der Waals surface area contributed by atoms with E-state index in [2.05, 4.69) is 53.2 Å². The molecule has 0 aliphatic carbocycles. The van der Waals surface area contributed by atoms with Crippen molar-refractivity contribution in [2.45, 2.75) is 178 Å². The SMILES string of the molecule is O=C(O)CCCCCCCCCCCCCCCCC(=O)N[C@@H](CCC(=O)N[C@@H](CCC(=O)NCCOCCOCC(=O)NCCOCCOCC(=O)NCCOCCOCC(=O)NCCCCOCCOCC(=O)N[C@@H](Cc1ccc(O)cc1)C(=O)CNCC(=O)N[C@H]1CSSC[C@@H](C(=O)O)NCC1=O)C(=O)O)C(=O)O. The number of hydrogen-bond donors (Lipinski definition) is 15. The van der Waals surface area contributed by atoms with E-state index in [1.54, 1.807) is 12.1 Å². The van der Waals surface area contributed by atoms with E-state index in [1.165, 1.54) is 59.4 Å². The molecule has 5 atom stereocenters. The summed E-state index contributed by atoms with van der Waals surface area (Å²) in [5.74, 6) is -8.76. The molecular weight excluding hydrogens is 1510 g/mol. The zero-order valence-electron chi connectivity index (χ0n) is 64.2. The van der Waals surface area contributed by atoms with Crippen molar-refractivity contribution in [3.8, 4) is 5.75 Å².